The molecule has 110 valence electrons. The minimum absolute atomic E-state index is 0.147. The van der Waals surface area contributed by atoms with Gasteiger partial charge in [-0.3, -0.25) is 9.78 Å². The molecule has 1 aromatic carbocycles. The summed E-state index contributed by atoms with van der Waals surface area (Å²) >= 11 is 1.61. The predicted molar refractivity (Wildman–Crippen MR) is 87.8 cm³/mol. The number of pyridine rings is 1. The molecule has 2 heterocycles. The monoisotopic (exact) mass is 309 g/mol. The van der Waals surface area contributed by atoms with Crippen molar-refractivity contribution < 1.29 is 4.79 Å². The van der Waals surface area contributed by atoms with Crippen LogP contribution in [0, 0.1) is 0 Å². The van der Waals surface area contributed by atoms with Gasteiger partial charge < -0.3 is 5.32 Å². The highest BCUT2D eigenvalue weighted by molar-refractivity contribution is 7.10. The topological polar surface area (TPSA) is 54.9 Å². The molecule has 5 heteroatoms. The van der Waals surface area contributed by atoms with Crippen molar-refractivity contribution in [1.29, 1.82) is 0 Å². The third kappa shape index (κ3) is 3.38. The molecule has 0 spiro atoms. The molecule has 0 aliphatic carbocycles. The lowest BCUT2D eigenvalue weighted by atomic mass is 10.1. The molecule has 0 aliphatic rings. The molecule has 0 saturated heterocycles. The van der Waals surface area contributed by atoms with E-state index in [0.29, 0.717) is 12.2 Å². The van der Waals surface area contributed by atoms with Gasteiger partial charge in [-0.15, -0.1) is 11.3 Å². The molecule has 0 radical (unpaired) electrons. The summed E-state index contributed by atoms with van der Waals surface area (Å²) < 4.78 is 0. The quantitative estimate of drug-likeness (QED) is 0.787. The van der Waals surface area contributed by atoms with Crippen LogP contribution in [0.4, 0.5) is 0 Å². The normalized spacial score (nSPS) is 10.4. The molecule has 2 aromatic heterocycles. The van der Waals surface area contributed by atoms with Gasteiger partial charge in [0.15, 0.2) is 0 Å². The van der Waals surface area contributed by atoms with E-state index in [-0.39, 0.29) is 5.91 Å². The van der Waals surface area contributed by atoms with Gasteiger partial charge >= 0.3 is 0 Å². The minimum Gasteiger partial charge on any atom is -0.350 e. The molecule has 4 nitrogen and oxygen atoms in total. The van der Waals surface area contributed by atoms with Crippen LogP contribution >= 0.6 is 11.3 Å². The molecule has 22 heavy (non-hydrogen) atoms. The fourth-order valence-electron chi connectivity index (χ4n) is 2.16. The fourth-order valence-corrected chi connectivity index (χ4v) is 2.94. The average molecular weight is 309 g/mol. The summed E-state index contributed by atoms with van der Waals surface area (Å²) in [5.41, 5.74) is 4.39. The Bertz CT molecular complexity index is 741. The maximum atomic E-state index is 11.9. The van der Waals surface area contributed by atoms with E-state index in [1.807, 2.05) is 35.8 Å². The van der Waals surface area contributed by atoms with Gasteiger partial charge in [-0.05, 0) is 12.1 Å². The number of benzene rings is 1. The van der Waals surface area contributed by atoms with E-state index >= 15 is 0 Å². The number of rotatable bonds is 5. The number of carbonyl (C=O) groups excluding carboxylic acids is 1. The Morgan fingerprint density at radius 1 is 1.05 bits per heavy atom. The number of thiazole rings is 1. The maximum absolute atomic E-state index is 11.9. The summed E-state index contributed by atoms with van der Waals surface area (Å²) in [7, 11) is 0. The molecule has 0 atom stereocenters. The van der Waals surface area contributed by atoms with Gasteiger partial charge in [-0.2, -0.15) is 0 Å². The van der Waals surface area contributed by atoms with Crippen LogP contribution in [-0.2, 0) is 6.42 Å². The molecule has 0 aliphatic heterocycles. The van der Waals surface area contributed by atoms with Crippen molar-refractivity contribution in [2.75, 3.05) is 6.54 Å². The van der Waals surface area contributed by atoms with E-state index in [1.165, 1.54) is 4.88 Å². The predicted octanol–water partition coefficient (Wildman–Crippen LogP) is 3.18. The SMILES string of the molecule is O=C(NCCc1scnc1-c1ccccc1)c1ccccn1. The van der Waals surface area contributed by atoms with Crippen molar-refractivity contribution in [3.63, 3.8) is 0 Å². The second-order valence-corrected chi connectivity index (χ2v) is 5.65. The van der Waals surface area contributed by atoms with Crippen LogP contribution in [-0.4, -0.2) is 22.4 Å². The molecule has 0 saturated carbocycles. The van der Waals surface area contributed by atoms with Gasteiger partial charge in [-0.25, -0.2) is 4.98 Å². The van der Waals surface area contributed by atoms with Gasteiger partial charge in [0, 0.05) is 29.6 Å². The van der Waals surface area contributed by atoms with Gasteiger partial charge in [0.25, 0.3) is 5.91 Å². The lowest BCUT2D eigenvalue weighted by Gasteiger charge is -2.05. The second kappa shape index (κ2) is 6.95. The molecule has 1 amide bonds. The highest BCUT2D eigenvalue weighted by Crippen LogP contribution is 2.25. The Balaban J connectivity index is 1.61. The van der Waals surface area contributed by atoms with Crippen LogP contribution in [0.15, 0.2) is 60.2 Å². The largest absolute Gasteiger partial charge is 0.350 e. The lowest BCUT2D eigenvalue weighted by Crippen LogP contribution is -2.26. The fraction of sp³-hybridized carbons (Fsp3) is 0.118. The van der Waals surface area contributed by atoms with Crippen LogP contribution in [0.3, 0.4) is 0 Å². The Labute approximate surface area is 132 Å². The van der Waals surface area contributed by atoms with Gasteiger partial charge in [0.1, 0.15) is 5.69 Å². The van der Waals surface area contributed by atoms with Crippen LogP contribution < -0.4 is 5.32 Å². The van der Waals surface area contributed by atoms with Gasteiger partial charge in [-0.1, -0.05) is 36.4 Å². The summed E-state index contributed by atoms with van der Waals surface area (Å²) in [6.07, 6.45) is 2.37. The second-order valence-electron chi connectivity index (χ2n) is 4.71. The maximum Gasteiger partial charge on any atom is 0.269 e. The zero-order valence-corrected chi connectivity index (χ0v) is 12.7. The van der Waals surface area contributed by atoms with E-state index in [4.69, 9.17) is 0 Å². The summed E-state index contributed by atoms with van der Waals surface area (Å²) in [5, 5.41) is 2.89. The number of aromatic nitrogens is 2. The lowest BCUT2D eigenvalue weighted by molar-refractivity contribution is 0.0949. The van der Waals surface area contributed by atoms with Crippen LogP contribution in [0.5, 0.6) is 0 Å². The first kappa shape index (κ1) is 14.4. The molecular weight excluding hydrogens is 294 g/mol. The zero-order chi connectivity index (χ0) is 15.2. The van der Waals surface area contributed by atoms with Crippen LogP contribution in [0.1, 0.15) is 15.4 Å². The Hall–Kier alpha value is -2.53. The number of amides is 1. The summed E-state index contributed by atoms with van der Waals surface area (Å²) in [6, 6.07) is 15.4. The van der Waals surface area contributed by atoms with Crippen molar-refractivity contribution in [2.45, 2.75) is 6.42 Å². The standard InChI is InChI=1S/C17H15N3OS/c21-17(14-8-4-5-10-18-14)19-11-9-15-16(20-12-22-15)13-6-2-1-3-7-13/h1-8,10,12H,9,11H2,(H,19,21). The Morgan fingerprint density at radius 2 is 1.86 bits per heavy atom. The van der Waals surface area contributed by atoms with Crippen LogP contribution in [0.25, 0.3) is 11.3 Å². The highest BCUT2D eigenvalue weighted by Gasteiger charge is 2.10. The molecular formula is C17H15N3OS. The molecule has 3 aromatic rings. The minimum atomic E-state index is -0.147. The summed E-state index contributed by atoms with van der Waals surface area (Å²) in [6.45, 7) is 0.567. The first-order valence-electron chi connectivity index (χ1n) is 7.01. The van der Waals surface area contributed by atoms with E-state index in [0.717, 1.165) is 17.7 Å². The number of hydrogen-bond acceptors (Lipinski definition) is 4. The Kier molecular flexibility index (Phi) is 4.56. The van der Waals surface area contributed by atoms with Crippen molar-refractivity contribution >= 4 is 17.2 Å². The third-order valence-corrected chi connectivity index (χ3v) is 4.12. The highest BCUT2D eigenvalue weighted by atomic mass is 32.1. The van der Waals surface area contributed by atoms with Crippen LogP contribution in [0.2, 0.25) is 0 Å². The summed E-state index contributed by atoms with van der Waals surface area (Å²) in [4.78, 5) is 21.6. The molecule has 0 bridgehead atoms. The van der Waals surface area contributed by atoms with Crippen molar-refractivity contribution in [1.82, 2.24) is 15.3 Å². The van der Waals surface area contributed by atoms with Gasteiger partial charge in [0.2, 0.25) is 0 Å². The average Bonchev–Trinajstić information content (AvgIpc) is 3.05. The van der Waals surface area contributed by atoms with E-state index < -0.39 is 0 Å². The molecule has 3 rings (SSSR count). The molecule has 0 fully saturated rings. The smallest absolute Gasteiger partial charge is 0.269 e. The molecule has 1 N–H and O–H groups in total. The van der Waals surface area contributed by atoms with Crippen molar-refractivity contribution in [2.24, 2.45) is 0 Å². The Morgan fingerprint density at radius 3 is 2.64 bits per heavy atom. The first-order valence-corrected chi connectivity index (χ1v) is 7.89. The van der Waals surface area contributed by atoms with Gasteiger partial charge in [0.05, 0.1) is 11.2 Å². The number of nitrogens with one attached hydrogen (secondary N) is 1. The first-order chi connectivity index (χ1) is 10.8. The number of nitrogens with zero attached hydrogens (tertiary/aromatic N) is 2. The number of carbonyl (C=O) groups is 1. The van der Waals surface area contributed by atoms with E-state index in [9.17, 15) is 4.79 Å². The molecule has 0 unspecified atom stereocenters. The summed E-state index contributed by atoms with van der Waals surface area (Å²) in [5.74, 6) is -0.147. The zero-order valence-electron chi connectivity index (χ0n) is 11.9. The van der Waals surface area contributed by atoms with E-state index in [1.54, 1.807) is 35.7 Å². The third-order valence-electron chi connectivity index (χ3n) is 3.22. The van der Waals surface area contributed by atoms with Crippen molar-refractivity contribution in [3.8, 4) is 11.3 Å². The van der Waals surface area contributed by atoms with E-state index in [2.05, 4.69) is 15.3 Å². The number of hydrogen-bond donors (Lipinski definition) is 1. The van der Waals surface area contributed by atoms with Crippen molar-refractivity contribution in [3.05, 3.63) is 70.8 Å².